The molecule has 1 heterocycles. The maximum absolute atomic E-state index is 14.1. The molecule has 0 atom stereocenters. The van der Waals surface area contributed by atoms with E-state index >= 15 is 0 Å². The van der Waals surface area contributed by atoms with Crippen LogP contribution < -0.4 is 10.1 Å². The SMILES string of the molecule is COc1ccc(NCc2ccc(-n3ccnc3)c(F)c2)cc1. The van der Waals surface area contributed by atoms with Gasteiger partial charge in [0.2, 0.25) is 0 Å². The van der Waals surface area contributed by atoms with Crippen molar-refractivity contribution in [1.82, 2.24) is 9.55 Å². The van der Waals surface area contributed by atoms with Gasteiger partial charge in [-0.05, 0) is 42.0 Å². The van der Waals surface area contributed by atoms with Gasteiger partial charge in [-0.3, -0.25) is 0 Å². The summed E-state index contributed by atoms with van der Waals surface area (Å²) in [6.07, 6.45) is 4.92. The van der Waals surface area contributed by atoms with Gasteiger partial charge in [-0.25, -0.2) is 9.37 Å². The first kappa shape index (κ1) is 14.1. The van der Waals surface area contributed by atoms with Crippen molar-refractivity contribution in [2.45, 2.75) is 6.54 Å². The van der Waals surface area contributed by atoms with Gasteiger partial charge in [0.1, 0.15) is 11.6 Å². The van der Waals surface area contributed by atoms with E-state index in [1.165, 1.54) is 6.07 Å². The van der Waals surface area contributed by atoms with Crippen molar-refractivity contribution in [3.8, 4) is 11.4 Å². The van der Waals surface area contributed by atoms with E-state index in [1.54, 1.807) is 36.5 Å². The van der Waals surface area contributed by atoms with Crippen molar-refractivity contribution in [2.24, 2.45) is 0 Å². The molecule has 22 heavy (non-hydrogen) atoms. The normalized spacial score (nSPS) is 10.5. The molecule has 5 heteroatoms. The molecule has 3 aromatic rings. The van der Waals surface area contributed by atoms with Gasteiger partial charge in [0.05, 0.1) is 19.1 Å². The van der Waals surface area contributed by atoms with E-state index in [4.69, 9.17) is 4.74 Å². The zero-order chi connectivity index (χ0) is 15.4. The van der Waals surface area contributed by atoms with E-state index in [-0.39, 0.29) is 5.82 Å². The lowest BCUT2D eigenvalue weighted by molar-refractivity contribution is 0.415. The molecule has 0 aliphatic rings. The molecule has 3 rings (SSSR count). The second-order valence-electron chi connectivity index (χ2n) is 4.84. The van der Waals surface area contributed by atoms with Crippen LogP contribution in [0.1, 0.15) is 5.56 Å². The van der Waals surface area contributed by atoms with Crippen LogP contribution in [-0.4, -0.2) is 16.7 Å². The maximum atomic E-state index is 14.1. The van der Waals surface area contributed by atoms with Crippen molar-refractivity contribution in [2.75, 3.05) is 12.4 Å². The molecule has 2 aromatic carbocycles. The fourth-order valence-electron chi connectivity index (χ4n) is 2.18. The summed E-state index contributed by atoms with van der Waals surface area (Å²) in [5.74, 6) is 0.535. The Labute approximate surface area is 128 Å². The topological polar surface area (TPSA) is 39.1 Å². The summed E-state index contributed by atoms with van der Waals surface area (Å²) in [5, 5.41) is 3.25. The molecule has 0 unspecified atom stereocenters. The van der Waals surface area contributed by atoms with Crippen LogP contribution in [0.5, 0.6) is 5.75 Å². The largest absolute Gasteiger partial charge is 0.497 e. The number of anilines is 1. The predicted octanol–water partition coefficient (Wildman–Crippen LogP) is 3.63. The third kappa shape index (κ3) is 3.09. The number of nitrogens with zero attached hydrogens (tertiary/aromatic N) is 2. The first-order valence-electron chi connectivity index (χ1n) is 6.91. The van der Waals surface area contributed by atoms with Gasteiger partial charge >= 0.3 is 0 Å². The summed E-state index contributed by atoms with van der Waals surface area (Å²) >= 11 is 0. The number of hydrogen-bond donors (Lipinski definition) is 1. The number of hydrogen-bond acceptors (Lipinski definition) is 3. The molecule has 0 radical (unpaired) electrons. The van der Waals surface area contributed by atoms with Crippen LogP contribution >= 0.6 is 0 Å². The van der Waals surface area contributed by atoms with Crippen LogP contribution in [0.4, 0.5) is 10.1 Å². The van der Waals surface area contributed by atoms with E-state index in [0.717, 1.165) is 17.0 Å². The van der Waals surface area contributed by atoms with Crippen molar-refractivity contribution >= 4 is 5.69 Å². The van der Waals surface area contributed by atoms with Crippen LogP contribution in [0.3, 0.4) is 0 Å². The van der Waals surface area contributed by atoms with Gasteiger partial charge in [0.15, 0.2) is 0 Å². The number of nitrogens with one attached hydrogen (secondary N) is 1. The molecule has 0 aliphatic heterocycles. The first-order chi connectivity index (χ1) is 10.8. The lowest BCUT2D eigenvalue weighted by Gasteiger charge is -2.09. The third-order valence-corrected chi connectivity index (χ3v) is 3.38. The highest BCUT2D eigenvalue weighted by Crippen LogP contribution is 2.18. The zero-order valence-corrected chi connectivity index (χ0v) is 12.2. The highest BCUT2D eigenvalue weighted by molar-refractivity contribution is 5.47. The molecule has 0 saturated carbocycles. The van der Waals surface area contributed by atoms with E-state index in [2.05, 4.69) is 10.3 Å². The lowest BCUT2D eigenvalue weighted by atomic mass is 10.2. The minimum Gasteiger partial charge on any atom is -0.497 e. The molecule has 1 N–H and O–H groups in total. The molecule has 0 aliphatic carbocycles. The van der Waals surface area contributed by atoms with Crippen molar-refractivity contribution in [1.29, 1.82) is 0 Å². The minimum absolute atomic E-state index is 0.271. The molecule has 0 amide bonds. The number of imidazole rings is 1. The summed E-state index contributed by atoms with van der Waals surface area (Å²) in [7, 11) is 1.63. The van der Waals surface area contributed by atoms with Crippen molar-refractivity contribution in [3.05, 3.63) is 72.6 Å². The Morgan fingerprint density at radius 3 is 2.64 bits per heavy atom. The van der Waals surface area contributed by atoms with Gasteiger partial charge < -0.3 is 14.6 Å². The molecule has 0 saturated heterocycles. The Kier molecular flexibility index (Phi) is 4.05. The van der Waals surface area contributed by atoms with Crippen LogP contribution in [-0.2, 0) is 6.54 Å². The Balaban J connectivity index is 1.69. The van der Waals surface area contributed by atoms with Gasteiger partial charge in [-0.1, -0.05) is 6.07 Å². The monoisotopic (exact) mass is 297 g/mol. The van der Waals surface area contributed by atoms with Crippen molar-refractivity contribution in [3.63, 3.8) is 0 Å². The average Bonchev–Trinajstić information content (AvgIpc) is 3.07. The van der Waals surface area contributed by atoms with E-state index in [0.29, 0.717) is 12.2 Å². The Hall–Kier alpha value is -2.82. The molecule has 0 bridgehead atoms. The molecular weight excluding hydrogens is 281 g/mol. The van der Waals surface area contributed by atoms with E-state index in [9.17, 15) is 4.39 Å². The third-order valence-electron chi connectivity index (χ3n) is 3.38. The standard InChI is InChI=1S/C17H16FN3O/c1-22-15-5-3-14(4-6-15)20-11-13-2-7-17(16(18)10-13)21-9-8-19-12-21/h2-10,12,20H,11H2,1H3. The summed E-state index contributed by atoms with van der Waals surface area (Å²) < 4.78 is 20.9. The molecular formula is C17H16FN3O. The molecule has 0 spiro atoms. The Morgan fingerprint density at radius 1 is 1.18 bits per heavy atom. The summed E-state index contributed by atoms with van der Waals surface area (Å²) in [6.45, 7) is 0.549. The predicted molar refractivity (Wildman–Crippen MR) is 83.8 cm³/mol. The van der Waals surface area contributed by atoms with Crippen LogP contribution in [0, 0.1) is 5.82 Å². The smallest absolute Gasteiger partial charge is 0.147 e. The number of rotatable bonds is 5. The molecule has 112 valence electrons. The lowest BCUT2D eigenvalue weighted by Crippen LogP contribution is -2.02. The quantitative estimate of drug-likeness (QED) is 0.781. The summed E-state index contributed by atoms with van der Waals surface area (Å²) in [5.41, 5.74) is 2.32. The molecule has 1 aromatic heterocycles. The Morgan fingerprint density at radius 2 is 2.00 bits per heavy atom. The number of halogens is 1. The van der Waals surface area contributed by atoms with Crippen LogP contribution in [0.15, 0.2) is 61.2 Å². The average molecular weight is 297 g/mol. The van der Waals surface area contributed by atoms with E-state index < -0.39 is 0 Å². The van der Waals surface area contributed by atoms with Gasteiger partial charge in [-0.2, -0.15) is 0 Å². The second-order valence-corrected chi connectivity index (χ2v) is 4.84. The van der Waals surface area contributed by atoms with Crippen LogP contribution in [0.2, 0.25) is 0 Å². The summed E-state index contributed by atoms with van der Waals surface area (Å²) in [4.78, 5) is 3.93. The molecule has 4 nitrogen and oxygen atoms in total. The fraction of sp³-hybridized carbons (Fsp3) is 0.118. The van der Waals surface area contributed by atoms with E-state index in [1.807, 2.05) is 30.3 Å². The van der Waals surface area contributed by atoms with Crippen molar-refractivity contribution < 1.29 is 9.13 Å². The number of ether oxygens (including phenoxy) is 1. The van der Waals surface area contributed by atoms with Gasteiger partial charge in [0, 0.05) is 24.6 Å². The highest BCUT2D eigenvalue weighted by atomic mass is 19.1. The number of aromatic nitrogens is 2. The number of benzene rings is 2. The first-order valence-corrected chi connectivity index (χ1v) is 6.91. The summed E-state index contributed by atoms with van der Waals surface area (Å²) in [6, 6.07) is 12.8. The highest BCUT2D eigenvalue weighted by Gasteiger charge is 2.05. The Bertz CT molecular complexity index is 739. The molecule has 0 fully saturated rings. The van der Waals surface area contributed by atoms with Crippen LogP contribution in [0.25, 0.3) is 5.69 Å². The maximum Gasteiger partial charge on any atom is 0.147 e. The second kappa shape index (κ2) is 6.30. The fourth-order valence-corrected chi connectivity index (χ4v) is 2.18. The number of methoxy groups -OCH3 is 1. The van der Waals surface area contributed by atoms with Gasteiger partial charge in [-0.15, -0.1) is 0 Å². The minimum atomic E-state index is -0.271. The van der Waals surface area contributed by atoms with Gasteiger partial charge in [0.25, 0.3) is 0 Å². The zero-order valence-electron chi connectivity index (χ0n) is 12.2.